The van der Waals surface area contributed by atoms with Crippen molar-refractivity contribution in [3.05, 3.63) is 506 Å². The summed E-state index contributed by atoms with van der Waals surface area (Å²) in [5.41, 5.74) is 39.1. The van der Waals surface area contributed by atoms with E-state index in [0.717, 1.165) is 94.9 Å². The van der Waals surface area contributed by atoms with Crippen LogP contribution < -0.4 is 0 Å². The number of aryl methyl sites for hydroxylation is 7. The first-order chi connectivity index (χ1) is 68.9. The lowest BCUT2D eigenvalue weighted by atomic mass is 9.96. The predicted octanol–water partition coefficient (Wildman–Crippen LogP) is 38.9. The van der Waals surface area contributed by atoms with Crippen molar-refractivity contribution in [2.75, 3.05) is 0 Å². The Morgan fingerprint density at radius 3 is 0.886 bits per heavy atom. The van der Waals surface area contributed by atoms with Crippen LogP contribution >= 0.6 is 0 Å². The smallest absolute Gasteiger partial charge is 0.143 e. The zero-order valence-electron chi connectivity index (χ0n) is 78.8. The number of rotatable bonds is 7. The van der Waals surface area contributed by atoms with Gasteiger partial charge in [-0.1, -0.05) is 429 Å². The third-order valence-corrected chi connectivity index (χ3v) is 26.5. The number of para-hydroxylation sites is 10. The van der Waals surface area contributed by atoms with Crippen molar-refractivity contribution in [2.45, 2.75) is 48.5 Å². The fourth-order valence-electron chi connectivity index (χ4n) is 19.7. The molecule has 0 saturated carbocycles. The molecule has 28 rings (SSSR count). The minimum Gasteiger partial charge on any atom is -0.456 e. The topological polar surface area (TPSA) is 92.0 Å². The van der Waals surface area contributed by atoms with Crippen LogP contribution in [-0.4, -0.2) is 0 Å². The Labute approximate surface area is 811 Å². The third kappa shape index (κ3) is 17.2. The maximum Gasteiger partial charge on any atom is 0.143 e. The molecule has 0 unspecified atom stereocenters. The maximum absolute atomic E-state index is 6.17. The van der Waals surface area contributed by atoms with E-state index in [1.165, 1.54) is 176 Å². The first-order valence-corrected chi connectivity index (χ1v) is 47.6. The largest absolute Gasteiger partial charge is 0.456 e. The van der Waals surface area contributed by atoms with Crippen LogP contribution in [0.5, 0.6) is 0 Å². The molecule has 0 radical (unpaired) electrons. The van der Waals surface area contributed by atoms with Gasteiger partial charge in [0.2, 0.25) is 0 Å². The molecule has 0 spiro atoms. The first kappa shape index (κ1) is 87.6. The lowest BCUT2D eigenvalue weighted by Gasteiger charge is -2.07. The van der Waals surface area contributed by atoms with Crippen LogP contribution in [0.25, 0.3) is 231 Å². The highest BCUT2D eigenvalue weighted by atomic mass is 16.4. The molecule has 28 aromatic rings. The highest BCUT2D eigenvalue weighted by Gasteiger charge is 2.21. The van der Waals surface area contributed by atoms with Gasteiger partial charge in [-0.15, -0.1) is 0 Å². The van der Waals surface area contributed by atoms with E-state index in [9.17, 15) is 0 Å². The van der Waals surface area contributed by atoms with Gasteiger partial charge in [0.15, 0.2) is 0 Å². The highest BCUT2D eigenvalue weighted by Crippen LogP contribution is 2.46. The second-order valence-corrected chi connectivity index (χ2v) is 35.8. The molecule has 0 atom stereocenters. The van der Waals surface area contributed by atoms with Crippen LogP contribution in [0.3, 0.4) is 0 Å². The molecule has 7 aromatic heterocycles. The molecule has 7 heteroatoms. The molecule has 0 fully saturated rings. The third-order valence-electron chi connectivity index (χ3n) is 26.5. The molecule has 0 aliphatic carbocycles. The Morgan fingerprint density at radius 2 is 0.393 bits per heavy atom. The van der Waals surface area contributed by atoms with Gasteiger partial charge in [0.05, 0.1) is 0 Å². The Bertz CT molecular complexity index is 9400. The van der Waals surface area contributed by atoms with Crippen LogP contribution in [-0.2, 0) is 0 Å². The van der Waals surface area contributed by atoms with Crippen molar-refractivity contribution in [1.82, 2.24) is 0 Å². The summed E-state index contributed by atoms with van der Waals surface area (Å²) in [6.07, 6.45) is 0. The van der Waals surface area contributed by atoms with Gasteiger partial charge in [0, 0.05) is 92.1 Å². The zero-order valence-corrected chi connectivity index (χ0v) is 78.8. The van der Waals surface area contributed by atoms with Crippen molar-refractivity contribution in [3.63, 3.8) is 0 Å². The van der Waals surface area contributed by atoms with E-state index in [1.54, 1.807) is 0 Å². The summed E-state index contributed by atoms with van der Waals surface area (Å²) in [5.74, 6) is 0. The molecule has 0 aliphatic heterocycles. The molecule has 7 nitrogen and oxygen atoms in total. The van der Waals surface area contributed by atoms with E-state index >= 15 is 0 Å². The molecule has 0 amide bonds. The monoisotopic (exact) mass is 1810 g/mol. The van der Waals surface area contributed by atoms with E-state index in [-0.39, 0.29) is 0 Å². The number of fused-ring (bicyclic) bond motifs is 21. The van der Waals surface area contributed by atoms with Crippen LogP contribution in [0.4, 0.5) is 0 Å². The van der Waals surface area contributed by atoms with Crippen molar-refractivity contribution in [3.8, 4) is 77.9 Å². The second kappa shape index (κ2) is 38.5. The van der Waals surface area contributed by atoms with Gasteiger partial charge in [-0.25, -0.2) is 0 Å². The number of hydrogen-bond donors (Lipinski definition) is 0. The molecule has 0 N–H and O–H groups in total. The minimum atomic E-state index is 0.946. The van der Waals surface area contributed by atoms with E-state index in [2.05, 4.69) is 412 Å². The molecule has 7 heterocycles. The van der Waals surface area contributed by atoms with Gasteiger partial charge < -0.3 is 30.9 Å². The standard InChI is InChI=1S/7C19H14O/c1-13-6-4-7-14(12-13)15-9-5-10-17-16-8-2-3-11-18(16)20-19(15)17;1-13-6-4-7-14(12-13)15-9-5-11-18-19(15)16-8-2-3-10-17(16)20-18;1-13-7-2-3-8-14(13)16-10-6-11-17-15-9-4-5-12-18(15)20-19(16)17;1-13-7-2-3-8-14(13)15-10-6-12-18-19(15)16-9-4-5-11-17(16)20-18;1-13-9-11-14(12-10-13)15-6-4-8-18-19(15)16-5-2-3-7-17(16)20-18;1-13-7-5-11-16-17-12-6-10-15(19(17)20-18(13)16)14-8-3-2-4-9-14;1-13-11-12-15(14-7-3-2-4-8-14)18-16-9-5-6-10-17(16)20-19(13)18/h7*2-12H,1H3. The molecule has 0 aliphatic rings. The van der Waals surface area contributed by atoms with E-state index in [1.807, 2.05) is 103 Å². The fourth-order valence-corrected chi connectivity index (χ4v) is 19.7. The molecule has 21 aromatic carbocycles. The second-order valence-electron chi connectivity index (χ2n) is 35.8. The summed E-state index contributed by atoms with van der Waals surface area (Å²) in [7, 11) is 0. The van der Waals surface area contributed by atoms with Gasteiger partial charge in [0.25, 0.3) is 0 Å². The van der Waals surface area contributed by atoms with E-state index in [0.29, 0.717) is 0 Å². The van der Waals surface area contributed by atoms with Crippen LogP contribution in [0.15, 0.2) is 498 Å². The molecule has 672 valence electrons. The Kier molecular flexibility index (Phi) is 24.1. The van der Waals surface area contributed by atoms with Gasteiger partial charge in [0.1, 0.15) is 78.2 Å². The zero-order chi connectivity index (χ0) is 94.7. The summed E-state index contributed by atoms with van der Waals surface area (Å²) in [6, 6.07) is 161. The number of furan rings is 7. The van der Waals surface area contributed by atoms with Gasteiger partial charge in [-0.2, -0.15) is 0 Å². The normalized spacial score (nSPS) is 11.2. The van der Waals surface area contributed by atoms with Gasteiger partial charge >= 0.3 is 0 Å². The van der Waals surface area contributed by atoms with Crippen LogP contribution in [0.1, 0.15) is 38.9 Å². The maximum atomic E-state index is 6.17. The van der Waals surface area contributed by atoms with Crippen molar-refractivity contribution in [2.24, 2.45) is 0 Å². The van der Waals surface area contributed by atoms with Gasteiger partial charge in [-0.05, 0) is 187 Å². The molecule has 0 bridgehead atoms. The lowest BCUT2D eigenvalue weighted by molar-refractivity contribution is 0.665. The average molecular weight is 1810 g/mol. The Hall–Kier alpha value is -17.8. The fraction of sp³-hybridized carbons (Fsp3) is 0.0526. The molecule has 140 heavy (non-hydrogen) atoms. The predicted molar refractivity (Wildman–Crippen MR) is 587 cm³/mol. The summed E-state index contributed by atoms with van der Waals surface area (Å²) in [5, 5.41) is 16.6. The summed E-state index contributed by atoms with van der Waals surface area (Å²) in [6.45, 7) is 14.8. The summed E-state index contributed by atoms with van der Waals surface area (Å²) < 4.78 is 42.2. The minimum absolute atomic E-state index is 0.946. The van der Waals surface area contributed by atoms with Crippen molar-refractivity contribution >= 4 is 154 Å². The number of hydrogen-bond acceptors (Lipinski definition) is 7. The van der Waals surface area contributed by atoms with E-state index in [4.69, 9.17) is 30.9 Å². The Balaban J connectivity index is 0.0000000939. The van der Waals surface area contributed by atoms with E-state index < -0.39 is 0 Å². The quantitative estimate of drug-likeness (QED) is 0.157. The van der Waals surface area contributed by atoms with Crippen molar-refractivity contribution < 1.29 is 30.9 Å². The molecule has 0 saturated heterocycles. The lowest BCUT2D eigenvalue weighted by Crippen LogP contribution is -1.83. The Morgan fingerprint density at radius 1 is 0.121 bits per heavy atom. The average Bonchev–Trinajstić information content (AvgIpc) is 1.61. The molecular formula is C133H98O7. The summed E-state index contributed by atoms with van der Waals surface area (Å²) >= 11 is 0. The first-order valence-electron chi connectivity index (χ1n) is 47.6. The highest BCUT2D eigenvalue weighted by molar-refractivity contribution is 6.18. The SMILES string of the molecule is Cc1ccc(-c2cccc3oc4ccccc4c23)cc1.Cc1ccc(-c2ccccc2)c2c1oc1ccccc12.Cc1cccc(-c2cccc3c2oc2ccccc23)c1.Cc1cccc(-c2cccc3oc4ccccc4c23)c1.Cc1cccc2c1oc1c(-c3ccccc3)cccc12.Cc1ccccc1-c1cccc2c1oc1ccccc12.Cc1ccccc1-c1cccc2oc3ccccc3c12. The molecular weight excluding hydrogens is 1710 g/mol. The van der Waals surface area contributed by atoms with Crippen LogP contribution in [0, 0.1) is 48.5 Å². The van der Waals surface area contributed by atoms with Crippen molar-refractivity contribution in [1.29, 1.82) is 0 Å². The van der Waals surface area contributed by atoms with Gasteiger partial charge in [-0.3, -0.25) is 0 Å². The van der Waals surface area contributed by atoms with Crippen LogP contribution in [0.2, 0.25) is 0 Å². The number of benzene rings is 21. The summed E-state index contributed by atoms with van der Waals surface area (Å²) in [4.78, 5) is 0.